The van der Waals surface area contributed by atoms with E-state index in [2.05, 4.69) is 24.1 Å². The van der Waals surface area contributed by atoms with E-state index in [0.717, 1.165) is 32.5 Å². The number of thiazole rings is 1. The summed E-state index contributed by atoms with van der Waals surface area (Å²) in [6.07, 6.45) is 9.34. The van der Waals surface area contributed by atoms with Gasteiger partial charge in [-0.1, -0.05) is 26.2 Å². The highest BCUT2D eigenvalue weighted by Gasteiger charge is 2.37. The predicted octanol–water partition coefficient (Wildman–Crippen LogP) is 3.84. The van der Waals surface area contributed by atoms with Crippen LogP contribution in [0.4, 0.5) is 0 Å². The molecule has 0 aromatic carbocycles. The molecule has 0 radical (unpaired) electrons. The normalized spacial score (nSPS) is 18.6. The zero-order valence-electron chi connectivity index (χ0n) is 12.2. The first-order valence-electron chi connectivity index (χ1n) is 7.60. The van der Waals surface area contributed by atoms with Crippen LogP contribution in [-0.2, 0) is 16.9 Å². The van der Waals surface area contributed by atoms with Gasteiger partial charge in [0.25, 0.3) is 0 Å². The molecule has 4 heteroatoms. The molecule has 0 bridgehead atoms. The largest absolute Gasteiger partial charge is 0.368 e. The molecule has 1 saturated carbocycles. The predicted molar refractivity (Wildman–Crippen MR) is 80.5 cm³/mol. The maximum Gasteiger partial charge on any atom is 0.125 e. The first-order chi connectivity index (χ1) is 9.30. The van der Waals surface area contributed by atoms with Crippen molar-refractivity contribution in [2.24, 2.45) is 0 Å². The zero-order chi connectivity index (χ0) is 13.6. The van der Waals surface area contributed by atoms with Gasteiger partial charge in [-0.2, -0.15) is 0 Å². The summed E-state index contributed by atoms with van der Waals surface area (Å²) in [7, 11) is 0. The van der Waals surface area contributed by atoms with E-state index in [1.165, 1.54) is 35.6 Å². The first kappa shape index (κ1) is 14.9. The van der Waals surface area contributed by atoms with Crippen LogP contribution in [-0.4, -0.2) is 18.1 Å². The number of nitrogens with one attached hydrogen (secondary N) is 1. The van der Waals surface area contributed by atoms with Crippen molar-refractivity contribution in [1.29, 1.82) is 0 Å². The monoisotopic (exact) mass is 282 g/mol. The molecule has 1 aromatic heterocycles. The SMILES string of the molecule is CCCNCc1cnc(C2(OCC)CCCCC2)s1. The third-order valence-corrected chi connectivity index (χ3v) is 4.93. The van der Waals surface area contributed by atoms with Gasteiger partial charge in [-0.05, 0) is 32.7 Å². The maximum absolute atomic E-state index is 6.12. The molecule has 2 rings (SSSR count). The molecular weight excluding hydrogens is 256 g/mol. The minimum absolute atomic E-state index is 0.0827. The highest BCUT2D eigenvalue weighted by atomic mass is 32.1. The Labute approximate surface area is 120 Å². The van der Waals surface area contributed by atoms with Crippen molar-refractivity contribution in [3.8, 4) is 0 Å². The molecule has 1 fully saturated rings. The van der Waals surface area contributed by atoms with Crippen molar-refractivity contribution >= 4 is 11.3 Å². The van der Waals surface area contributed by atoms with Crippen molar-refractivity contribution in [3.63, 3.8) is 0 Å². The van der Waals surface area contributed by atoms with E-state index in [9.17, 15) is 0 Å². The fraction of sp³-hybridized carbons (Fsp3) is 0.800. The van der Waals surface area contributed by atoms with Gasteiger partial charge >= 0.3 is 0 Å². The second kappa shape index (κ2) is 7.36. The average Bonchev–Trinajstić information content (AvgIpc) is 2.90. The van der Waals surface area contributed by atoms with Crippen molar-refractivity contribution in [1.82, 2.24) is 10.3 Å². The van der Waals surface area contributed by atoms with Crippen LogP contribution in [0.2, 0.25) is 0 Å². The molecule has 1 aliphatic carbocycles. The van der Waals surface area contributed by atoms with E-state index >= 15 is 0 Å². The smallest absolute Gasteiger partial charge is 0.125 e. The highest BCUT2D eigenvalue weighted by Crippen LogP contribution is 2.42. The number of aromatic nitrogens is 1. The lowest BCUT2D eigenvalue weighted by molar-refractivity contribution is -0.0704. The van der Waals surface area contributed by atoms with E-state index in [0.29, 0.717) is 0 Å². The number of ether oxygens (including phenoxy) is 1. The molecular formula is C15H26N2OS. The van der Waals surface area contributed by atoms with Gasteiger partial charge in [0.15, 0.2) is 0 Å². The summed E-state index contributed by atoms with van der Waals surface area (Å²) in [4.78, 5) is 5.99. The van der Waals surface area contributed by atoms with Crippen LogP contribution >= 0.6 is 11.3 Å². The molecule has 0 atom stereocenters. The Morgan fingerprint density at radius 1 is 1.32 bits per heavy atom. The van der Waals surface area contributed by atoms with Gasteiger partial charge in [0.2, 0.25) is 0 Å². The second-order valence-electron chi connectivity index (χ2n) is 5.30. The maximum atomic E-state index is 6.12. The molecule has 1 N–H and O–H groups in total. The molecule has 19 heavy (non-hydrogen) atoms. The molecule has 1 aromatic rings. The summed E-state index contributed by atoms with van der Waals surface area (Å²) in [5, 5.41) is 4.64. The topological polar surface area (TPSA) is 34.2 Å². The van der Waals surface area contributed by atoms with Crippen molar-refractivity contribution in [3.05, 3.63) is 16.1 Å². The molecule has 1 aliphatic rings. The second-order valence-corrected chi connectivity index (χ2v) is 6.41. The summed E-state index contributed by atoms with van der Waals surface area (Å²) in [6, 6.07) is 0. The Kier molecular flexibility index (Phi) is 5.79. The number of nitrogens with zero attached hydrogens (tertiary/aromatic N) is 1. The fourth-order valence-corrected chi connectivity index (χ4v) is 3.89. The van der Waals surface area contributed by atoms with Crippen LogP contribution in [0.1, 0.15) is 62.3 Å². The van der Waals surface area contributed by atoms with Crippen molar-refractivity contribution in [2.45, 2.75) is 64.5 Å². The van der Waals surface area contributed by atoms with Gasteiger partial charge in [0.1, 0.15) is 10.6 Å². The molecule has 0 saturated heterocycles. The van der Waals surface area contributed by atoms with Crippen LogP contribution in [0.3, 0.4) is 0 Å². The Morgan fingerprint density at radius 2 is 2.11 bits per heavy atom. The van der Waals surface area contributed by atoms with Gasteiger partial charge in [0, 0.05) is 24.2 Å². The van der Waals surface area contributed by atoms with Gasteiger partial charge in [0.05, 0.1) is 0 Å². The molecule has 0 spiro atoms. The van der Waals surface area contributed by atoms with Gasteiger partial charge in [-0.25, -0.2) is 4.98 Å². The Balaban J connectivity index is 2.04. The van der Waals surface area contributed by atoms with E-state index in [4.69, 9.17) is 4.74 Å². The number of hydrogen-bond donors (Lipinski definition) is 1. The Morgan fingerprint density at radius 3 is 2.79 bits per heavy atom. The highest BCUT2D eigenvalue weighted by molar-refractivity contribution is 7.11. The molecule has 3 nitrogen and oxygen atoms in total. The summed E-state index contributed by atoms with van der Waals surface area (Å²) in [6.45, 7) is 7.07. The Hall–Kier alpha value is -0.450. The van der Waals surface area contributed by atoms with E-state index < -0.39 is 0 Å². The minimum Gasteiger partial charge on any atom is -0.368 e. The van der Waals surface area contributed by atoms with Crippen LogP contribution in [0.15, 0.2) is 6.20 Å². The standard InChI is InChI=1S/C15H26N2OS/c1-3-10-16-11-13-12-17-14(19-13)15(18-4-2)8-6-5-7-9-15/h12,16H,3-11H2,1-2H3. The van der Waals surface area contributed by atoms with Crippen LogP contribution in [0.5, 0.6) is 0 Å². The molecule has 108 valence electrons. The summed E-state index contributed by atoms with van der Waals surface area (Å²) in [5.74, 6) is 0. The molecule has 0 unspecified atom stereocenters. The van der Waals surface area contributed by atoms with Crippen LogP contribution < -0.4 is 5.32 Å². The van der Waals surface area contributed by atoms with Crippen molar-refractivity contribution in [2.75, 3.05) is 13.2 Å². The lowest BCUT2D eigenvalue weighted by Gasteiger charge is -2.35. The minimum atomic E-state index is -0.0827. The molecule has 0 aliphatic heterocycles. The van der Waals surface area contributed by atoms with Gasteiger partial charge in [-0.15, -0.1) is 11.3 Å². The number of hydrogen-bond acceptors (Lipinski definition) is 4. The summed E-state index contributed by atoms with van der Waals surface area (Å²) in [5.41, 5.74) is -0.0827. The third-order valence-electron chi connectivity index (χ3n) is 3.75. The van der Waals surface area contributed by atoms with Gasteiger partial charge in [-0.3, -0.25) is 0 Å². The lowest BCUT2D eigenvalue weighted by atomic mass is 9.85. The zero-order valence-corrected chi connectivity index (χ0v) is 13.0. The Bertz CT molecular complexity index is 366. The molecule has 1 heterocycles. The van der Waals surface area contributed by atoms with E-state index in [-0.39, 0.29) is 5.60 Å². The molecule has 0 amide bonds. The average molecular weight is 282 g/mol. The summed E-state index contributed by atoms with van der Waals surface area (Å²) >= 11 is 1.83. The number of rotatable bonds is 7. The van der Waals surface area contributed by atoms with E-state index in [1.54, 1.807) is 0 Å². The lowest BCUT2D eigenvalue weighted by Crippen LogP contribution is -2.32. The quantitative estimate of drug-likeness (QED) is 0.772. The van der Waals surface area contributed by atoms with E-state index in [1.807, 2.05) is 17.5 Å². The van der Waals surface area contributed by atoms with Gasteiger partial charge < -0.3 is 10.1 Å². The summed E-state index contributed by atoms with van der Waals surface area (Å²) < 4.78 is 6.12. The third kappa shape index (κ3) is 3.77. The fourth-order valence-electron chi connectivity index (χ4n) is 2.81. The van der Waals surface area contributed by atoms with Crippen LogP contribution in [0, 0.1) is 0 Å². The van der Waals surface area contributed by atoms with Crippen molar-refractivity contribution < 1.29 is 4.74 Å². The van der Waals surface area contributed by atoms with Crippen LogP contribution in [0.25, 0.3) is 0 Å². The first-order valence-corrected chi connectivity index (χ1v) is 8.42.